The molecule has 4 heteroatoms. The van der Waals surface area contributed by atoms with Crippen LogP contribution in [0.2, 0.25) is 0 Å². The van der Waals surface area contributed by atoms with E-state index in [1.165, 1.54) is 0 Å². The van der Waals surface area contributed by atoms with Crippen molar-refractivity contribution in [3.05, 3.63) is 54.1 Å². The van der Waals surface area contributed by atoms with Crippen LogP contribution in [-0.4, -0.2) is 25.6 Å². The van der Waals surface area contributed by atoms with E-state index >= 15 is 0 Å². The first kappa shape index (κ1) is 16.9. The summed E-state index contributed by atoms with van der Waals surface area (Å²) in [6, 6.07) is 15.5. The average Bonchev–Trinajstić information content (AvgIpc) is 2.56. The van der Waals surface area contributed by atoms with Gasteiger partial charge in [-0.2, -0.15) is 0 Å². The lowest BCUT2D eigenvalue weighted by Gasteiger charge is -2.21. The van der Waals surface area contributed by atoms with Gasteiger partial charge in [0.1, 0.15) is 5.75 Å². The summed E-state index contributed by atoms with van der Waals surface area (Å²) < 4.78 is 5.50. The molecule has 1 N–H and O–H groups in total. The summed E-state index contributed by atoms with van der Waals surface area (Å²) in [6.45, 7) is 8.17. The number of hydrogen-bond donors (Lipinski definition) is 1. The van der Waals surface area contributed by atoms with Crippen LogP contribution in [0.15, 0.2) is 48.5 Å². The molecule has 0 spiro atoms. The minimum absolute atomic E-state index is 0.00124. The third kappa shape index (κ3) is 5.02. The Morgan fingerprint density at radius 3 is 2.39 bits per heavy atom. The number of ether oxygens (including phenoxy) is 1. The van der Waals surface area contributed by atoms with E-state index in [1.807, 2.05) is 55.5 Å². The Morgan fingerprint density at radius 2 is 1.78 bits per heavy atom. The van der Waals surface area contributed by atoms with Crippen molar-refractivity contribution < 1.29 is 9.53 Å². The Morgan fingerprint density at radius 1 is 1.09 bits per heavy atom. The third-order valence-corrected chi connectivity index (χ3v) is 3.64. The van der Waals surface area contributed by atoms with Gasteiger partial charge in [0.25, 0.3) is 5.91 Å². The largest absolute Gasteiger partial charge is 0.484 e. The van der Waals surface area contributed by atoms with Gasteiger partial charge in [-0.05, 0) is 62.7 Å². The molecule has 0 aliphatic rings. The molecule has 0 aromatic heterocycles. The Balaban J connectivity index is 1.87. The number of benzene rings is 2. The summed E-state index contributed by atoms with van der Waals surface area (Å²) >= 11 is 0. The molecule has 0 saturated heterocycles. The molecule has 0 atom stereocenters. The molecule has 122 valence electrons. The van der Waals surface area contributed by atoms with Crippen molar-refractivity contribution in [2.24, 2.45) is 0 Å². The van der Waals surface area contributed by atoms with Crippen molar-refractivity contribution in [1.29, 1.82) is 0 Å². The van der Waals surface area contributed by atoms with Gasteiger partial charge in [0.15, 0.2) is 6.61 Å². The van der Waals surface area contributed by atoms with E-state index in [-0.39, 0.29) is 12.5 Å². The summed E-state index contributed by atoms with van der Waals surface area (Å²) in [5, 5.41) is 2.85. The van der Waals surface area contributed by atoms with Crippen molar-refractivity contribution in [1.82, 2.24) is 0 Å². The molecule has 0 unspecified atom stereocenters. The molecule has 0 heterocycles. The first-order chi connectivity index (χ1) is 11.1. The first-order valence-electron chi connectivity index (χ1n) is 7.96. The van der Waals surface area contributed by atoms with Gasteiger partial charge < -0.3 is 15.0 Å². The standard InChI is InChI=1S/C19H24N2O2/c1-4-21(5-2)17-11-9-16(10-12-17)20-19(22)14-23-18-8-6-7-15(3)13-18/h6-13H,4-5,14H2,1-3H3,(H,20,22). The Labute approximate surface area is 138 Å². The highest BCUT2D eigenvalue weighted by atomic mass is 16.5. The Bertz CT molecular complexity index is 634. The number of anilines is 2. The Hall–Kier alpha value is -2.49. The van der Waals surface area contributed by atoms with Crippen LogP contribution in [0.25, 0.3) is 0 Å². The number of rotatable bonds is 7. The van der Waals surface area contributed by atoms with E-state index in [9.17, 15) is 4.79 Å². The fourth-order valence-corrected chi connectivity index (χ4v) is 2.40. The number of amides is 1. The molecule has 1 amide bonds. The predicted octanol–water partition coefficient (Wildman–Crippen LogP) is 3.86. The number of carbonyl (C=O) groups is 1. The zero-order valence-electron chi connectivity index (χ0n) is 14.0. The summed E-state index contributed by atoms with van der Waals surface area (Å²) in [5.74, 6) is 0.541. The van der Waals surface area contributed by atoms with Crippen molar-refractivity contribution in [2.45, 2.75) is 20.8 Å². The monoisotopic (exact) mass is 312 g/mol. The van der Waals surface area contributed by atoms with Crippen molar-refractivity contribution >= 4 is 17.3 Å². The van der Waals surface area contributed by atoms with Gasteiger partial charge in [-0.3, -0.25) is 4.79 Å². The second-order valence-electron chi connectivity index (χ2n) is 5.37. The number of nitrogens with zero attached hydrogens (tertiary/aromatic N) is 1. The topological polar surface area (TPSA) is 41.6 Å². The van der Waals surface area contributed by atoms with Crippen LogP contribution >= 0.6 is 0 Å². The maximum absolute atomic E-state index is 12.0. The molecule has 0 aliphatic heterocycles. The molecule has 23 heavy (non-hydrogen) atoms. The van der Waals surface area contributed by atoms with Crippen LogP contribution in [0.1, 0.15) is 19.4 Å². The fraction of sp³-hybridized carbons (Fsp3) is 0.316. The SMILES string of the molecule is CCN(CC)c1ccc(NC(=O)COc2cccc(C)c2)cc1. The smallest absolute Gasteiger partial charge is 0.262 e. The molecule has 0 aliphatic carbocycles. The fourth-order valence-electron chi connectivity index (χ4n) is 2.40. The number of carbonyl (C=O) groups excluding carboxylic acids is 1. The van der Waals surface area contributed by atoms with Crippen LogP contribution in [0.4, 0.5) is 11.4 Å². The number of aryl methyl sites for hydroxylation is 1. The van der Waals surface area contributed by atoms with Crippen LogP contribution < -0.4 is 15.0 Å². The maximum Gasteiger partial charge on any atom is 0.262 e. The zero-order valence-corrected chi connectivity index (χ0v) is 14.0. The summed E-state index contributed by atoms with van der Waals surface area (Å²) in [5.41, 5.74) is 3.04. The molecule has 0 bridgehead atoms. The number of nitrogens with one attached hydrogen (secondary N) is 1. The molecule has 4 nitrogen and oxygen atoms in total. The molecule has 2 rings (SSSR count). The lowest BCUT2D eigenvalue weighted by atomic mass is 10.2. The van der Waals surface area contributed by atoms with Crippen molar-refractivity contribution in [2.75, 3.05) is 29.9 Å². The van der Waals surface area contributed by atoms with Gasteiger partial charge in [0.05, 0.1) is 0 Å². The van der Waals surface area contributed by atoms with Crippen LogP contribution in [-0.2, 0) is 4.79 Å². The second kappa shape index (κ2) is 8.22. The van der Waals surface area contributed by atoms with E-state index in [2.05, 4.69) is 24.1 Å². The highest BCUT2D eigenvalue weighted by Crippen LogP contribution is 2.18. The van der Waals surface area contributed by atoms with E-state index in [0.29, 0.717) is 5.75 Å². The van der Waals surface area contributed by atoms with Crippen molar-refractivity contribution in [3.8, 4) is 5.75 Å². The predicted molar refractivity (Wildman–Crippen MR) is 95.3 cm³/mol. The summed E-state index contributed by atoms with van der Waals surface area (Å²) in [4.78, 5) is 14.2. The van der Waals surface area contributed by atoms with Gasteiger partial charge in [-0.1, -0.05) is 12.1 Å². The minimum Gasteiger partial charge on any atom is -0.484 e. The van der Waals surface area contributed by atoms with Crippen LogP contribution in [0.3, 0.4) is 0 Å². The molecule has 2 aromatic rings. The number of hydrogen-bond acceptors (Lipinski definition) is 3. The minimum atomic E-state index is -0.165. The van der Waals surface area contributed by atoms with Crippen LogP contribution in [0.5, 0.6) is 5.75 Å². The first-order valence-corrected chi connectivity index (χ1v) is 7.96. The lowest BCUT2D eigenvalue weighted by Crippen LogP contribution is -2.22. The van der Waals surface area contributed by atoms with Gasteiger partial charge in [0.2, 0.25) is 0 Å². The van der Waals surface area contributed by atoms with Gasteiger partial charge in [-0.15, -0.1) is 0 Å². The lowest BCUT2D eigenvalue weighted by molar-refractivity contribution is -0.118. The van der Waals surface area contributed by atoms with Crippen molar-refractivity contribution in [3.63, 3.8) is 0 Å². The van der Waals surface area contributed by atoms with E-state index in [1.54, 1.807) is 0 Å². The molecular weight excluding hydrogens is 288 g/mol. The third-order valence-electron chi connectivity index (χ3n) is 3.64. The van der Waals surface area contributed by atoms with E-state index in [0.717, 1.165) is 30.0 Å². The summed E-state index contributed by atoms with van der Waals surface area (Å²) in [7, 11) is 0. The maximum atomic E-state index is 12.0. The highest BCUT2D eigenvalue weighted by Gasteiger charge is 2.05. The van der Waals surface area contributed by atoms with Crippen LogP contribution in [0, 0.1) is 6.92 Å². The molecular formula is C19H24N2O2. The second-order valence-corrected chi connectivity index (χ2v) is 5.37. The van der Waals surface area contributed by atoms with Gasteiger partial charge >= 0.3 is 0 Å². The average molecular weight is 312 g/mol. The Kier molecular flexibility index (Phi) is 6.03. The normalized spacial score (nSPS) is 10.2. The zero-order chi connectivity index (χ0) is 16.7. The van der Waals surface area contributed by atoms with Gasteiger partial charge in [0, 0.05) is 24.5 Å². The molecule has 2 aromatic carbocycles. The highest BCUT2D eigenvalue weighted by molar-refractivity contribution is 5.92. The molecule has 0 saturated carbocycles. The van der Waals surface area contributed by atoms with Gasteiger partial charge in [-0.25, -0.2) is 0 Å². The summed E-state index contributed by atoms with van der Waals surface area (Å²) in [6.07, 6.45) is 0. The van der Waals surface area contributed by atoms with E-state index in [4.69, 9.17) is 4.74 Å². The quantitative estimate of drug-likeness (QED) is 0.844. The van der Waals surface area contributed by atoms with E-state index < -0.39 is 0 Å². The molecule has 0 fully saturated rings. The molecule has 0 radical (unpaired) electrons.